The normalized spacial score (nSPS) is 12.0. The van der Waals surface area contributed by atoms with E-state index < -0.39 is 39.1 Å². The summed E-state index contributed by atoms with van der Waals surface area (Å²) in [6.07, 6.45) is -4.70. The van der Waals surface area contributed by atoms with E-state index in [-0.39, 0.29) is 6.54 Å². The minimum atomic E-state index is -4.70. The molecule has 0 aliphatic heterocycles. The molecule has 0 aliphatic rings. The summed E-state index contributed by atoms with van der Waals surface area (Å²) in [5.74, 6) is -0.609. The quantitative estimate of drug-likeness (QED) is 0.546. The van der Waals surface area contributed by atoms with Gasteiger partial charge in [0.1, 0.15) is 0 Å². The zero-order valence-corrected chi connectivity index (χ0v) is 18.0. The fraction of sp³-hybridized carbons (Fsp3) is 0.174. The maximum atomic E-state index is 13.2. The molecule has 0 saturated carbocycles. The van der Waals surface area contributed by atoms with Crippen LogP contribution in [-0.4, -0.2) is 25.2 Å². The number of benzene rings is 3. The van der Waals surface area contributed by atoms with Crippen LogP contribution in [0.5, 0.6) is 0 Å². The second kappa shape index (κ2) is 9.54. The van der Waals surface area contributed by atoms with Gasteiger partial charge in [-0.05, 0) is 48.4 Å². The molecule has 0 unspecified atom stereocenters. The number of hydrogen-bond donors (Lipinski definition) is 1. The zero-order valence-electron chi connectivity index (χ0n) is 17.1. The molecule has 1 amide bonds. The maximum Gasteiger partial charge on any atom is 0.416 e. The summed E-state index contributed by atoms with van der Waals surface area (Å²) < 4.78 is 66.7. The van der Waals surface area contributed by atoms with Crippen molar-refractivity contribution in [2.75, 3.05) is 11.9 Å². The second-order valence-electron chi connectivity index (χ2n) is 7.20. The van der Waals surface area contributed by atoms with Gasteiger partial charge in [0.2, 0.25) is 15.9 Å². The second-order valence-corrected chi connectivity index (χ2v) is 9.14. The molecule has 0 radical (unpaired) electrons. The highest BCUT2D eigenvalue weighted by molar-refractivity contribution is 7.89. The number of rotatable bonds is 7. The molecule has 5 nitrogen and oxygen atoms in total. The van der Waals surface area contributed by atoms with E-state index in [4.69, 9.17) is 0 Å². The Morgan fingerprint density at radius 3 is 2.28 bits per heavy atom. The van der Waals surface area contributed by atoms with Crippen molar-refractivity contribution in [3.05, 3.63) is 95.6 Å². The van der Waals surface area contributed by atoms with Crippen LogP contribution in [0, 0.1) is 6.92 Å². The van der Waals surface area contributed by atoms with Crippen LogP contribution in [0.1, 0.15) is 16.7 Å². The lowest BCUT2D eigenvalue weighted by Gasteiger charge is -2.22. The molecule has 3 aromatic carbocycles. The minimum Gasteiger partial charge on any atom is -0.325 e. The van der Waals surface area contributed by atoms with Crippen LogP contribution in [0.25, 0.3) is 0 Å². The van der Waals surface area contributed by atoms with Gasteiger partial charge in [0.15, 0.2) is 0 Å². The lowest BCUT2D eigenvalue weighted by molar-refractivity contribution is -0.137. The number of hydrogen-bond acceptors (Lipinski definition) is 3. The van der Waals surface area contributed by atoms with E-state index in [1.54, 1.807) is 48.5 Å². The van der Waals surface area contributed by atoms with Gasteiger partial charge in [-0.15, -0.1) is 0 Å². The summed E-state index contributed by atoms with van der Waals surface area (Å²) in [7, 11) is -4.41. The highest BCUT2D eigenvalue weighted by atomic mass is 32.2. The number of anilines is 1. The van der Waals surface area contributed by atoms with Crippen LogP contribution in [0.2, 0.25) is 0 Å². The summed E-state index contributed by atoms with van der Waals surface area (Å²) in [5.41, 5.74) is 0.903. The number of halogens is 3. The molecule has 0 fully saturated rings. The number of sulfonamides is 1. The summed E-state index contributed by atoms with van der Waals surface area (Å²) in [6, 6.07) is 19.0. The third-order valence-corrected chi connectivity index (χ3v) is 6.41. The molecule has 168 valence electrons. The molecule has 1 N–H and O–H groups in total. The van der Waals surface area contributed by atoms with Crippen molar-refractivity contribution >= 4 is 21.6 Å². The molecule has 0 aromatic heterocycles. The van der Waals surface area contributed by atoms with E-state index in [1.165, 1.54) is 0 Å². The Bertz CT molecular complexity index is 1200. The minimum absolute atomic E-state index is 0.180. The maximum absolute atomic E-state index is 13.2. The van der Waals surface area contributed by atoms with Gasteiger partial charge in [0, 0.05) is 12.2 Å². The van der Waals surface area contributed by atoms with Gasteiger partial charge in [-0.3, -0.25) is 4.79 Å². The fourth-order valence-electron chi connectivity index (χ4n) is 3.08. The van der Waals surface area contributed by atoms with E-state index in [1.807, 2.05) is 13.0 Å². The lowest BCUT2D eigenvalue weighted by Crippen LogP contribution is -2.37. The van der Waals surface area contributed by atoms with Gasteiger partial charge in [-0.25, -0.2) is 8.42 Å². The predicted molar refractivity (Wildman–Crippen MR) is 115 cm³/mol. The summed E-state index contributed by atoms with van der Waals surface area (Å²) in [5, 5.41) is 2.63. The number of aryl methyl sites for hydroxylation is 1. The van der Waals surface area contributed by atoms with E-state index in [0.717, 1.165) is 28.1 Å². The van der Waals surface area contributed by atoms with Crippen molar-refractivity contribution in [2.45, 2.75) is 24.5 Å². The Balaban J connectivity index is 1.92. The molecule has 32 heavy (non-hydrogen) atoms. The number of carbonyl (C=O) groups is 1. The molecule has 0 aliphatic carbocycles. The molecule has 9 heteroatoms. The van der Waals surface area contributed by atoms with Crippen LogP contribution < -0.4 is 5.32 Å². The first-order valence-electron chi connectivity index (χ1n) is 9.63. The highest BCUT2D eigenvalue weighted by Crippen LogP contribution is 2.31. The van der Waals surface area contributed by atoms with Gasteiger partial charge < -0.3 is 5.32 Å². The summed E-state index contributed by atoms with van der Waals surface area (Å²) >= 11 is 0. The predicted octanol–water partition coefficient (Wildman–Crippen LogP) is 4.84. The largest absolute Gasteiger partial charge is 0.416 e. The molecule has 0 spiro atoms. The van der Waals surface area contributed by atoms with Gasteiger partial charge in [0.05, 0.1) is 17.0 Å². The van der Waals surface area contributed by atoms with Crippen LogP contribution in [0.15, 0.2) is 83.8 Å². The van der Waals surface area contributed by atoms with E-state index >= 15 is 0 Å². The molecule has 3 aromatic rings. The topological polar surface area (TPSA) is 66.5 Å². The SMILES string of the molecule is Cc1cccc(NC(=O)CN(Cc2ccccc2)S(=O)(=O)c2cccc(C(F)(F)F)c2)c1. The Labute approximate surface area is 184 Å². The summed E-state index contributed by atoms with van der Waals surface area (Å²) in [4.78, 5) is 12.1. The number of carbonyl (C=O) groups excluding carboxylic acids is 1. The molecule has 0 atom stereocenters. The number of amides is 1. The number of nitrogens with one attached hydrogen (secondary N) is 1. The molecule has 3 rings (SSSR count). The van der Waals surface area contributed by atoms with E-state index in [0.29, 0.717) is 17.3 Å². The lowest BCUT2D eigenvalue weighted by atomic mass is 10.2. The van der Waals surface area contributed by atoms with Crippen molar-refractivity contribution in [2.24, 2.45) is 0 Å². The van der Waals surface area contributed by atoms with Crippen molar-refractivity contribution < 1.29 is 26.4 Å². The van der Waals surface area contributed by atoms with Gasteiger partial charge in [-0.1, -0.05) is 48.5 Å². The smallest absolute Gasteiger partial charge is 0.325 e. The Hall–Kier alpha value is -3.17. The van der Waals surface area contributed by atoms with Crippen molar-refractivity contribution in [1.82, 2.24) is 4.31 Å². The van der Waals surface area contributed by atoms with Crippen LogP contribution in [0.4, 0.5) is 18.9 Å². The Morgan fingerprint density at radius 1 is 0.938 bits per heavy atom. The van der Waals surface area contributed by atoms with Crippen LogP contribution in [0.3, 0.4) is 0 Å². The third-order valence-electron chi connectivity index (χ3n) is 4.62. The first kappa shape index (κ1) is 23.5. The molecular formula is C23H21F3N2O3S. The molecular weight excluding hydrogens is 441 g/mol. The molecule has 0 heterocycles. The molecule has 0 bridgehead atoms. The number of nitrogens with zero attached hydrogens (tertiary/aromatic N) is 1. The molecule has 0 saturated heterocycles. The Morgan fingerprint density at radius 2 is 1.62 bits per heavy atom. The first-order valence-corrected chi connectivity index (χ1v) is 11.1. The Kier molecular flexibility index (Phi) is 7.00. The van der Waals surface area contributed by atoms with Gasteiger partial charge >= 0.3 is 6.18 Å². The van der Waals surface area contributed by atoms with E-state index in [2.05, 4.69) is 5.32 Å². The fourth-order valence-corrected chi connectivity index (χ4v) is 4.51. The van der Waals surface area contributed by atoms with E-state index in [9.17, 15) is 26.4 Å². The van der Waals surface area contributed by atoms with Crippen molar-refractivity contribution in [1.29, 1.82) is 0 Å². The van der Waals surface area contributed by atoms with Crippen molar-refractivity contribution in [3.8, 4) is 0 Å². The zero-order chi connectivity index (χ0) is 23.4. The number of alkyl halides is 3. The highest BCUT2D eigenvalue weighted by Gasteiger charge is 2.33. The summed E-state index contributed by atoms with van der Waals surface area (Å²) in [6.45, 7) is 1.09. The average Bonchev–Trinajstić information content (AvgIpc) is 2.73. The van der Waals surface area contributed by atoms with Gasteiger partial charge in [0.25, 0.3) is 0 Å². The standard InChI is InChI=1S/C23H21F3N2O3S/c1-17-7-5-11-20(13-17)27-22(29)16-28(15-18-8-3-2-4-9-18)32(30,31)21-12-6-10-19(14-21)23(24,25)26/h2-14H,15-16H2,1H3,(H,27,29). The van der Waals surface area contributed by atoms with Crippen LogP contribution >= 0.6 is 0 Å². The first-order chi connectivity index (χ1) is 15.1. The van der Waals surface area contributed by atoms with Gasteiger partial charge in [-0.2, -0.15) is 17.5 Å². The monoisotopic (exact) mass is 462 g/mol. The van der Waals surface area contributed by atoms with Crippen LogP contribution in [-0.2, 0) is 27.5 Å². The van der Waals surface area contributed by atoms with Crippen molar-refractivity contribution in [3.63, 3.8) is 0 Å². The third kappa shape index (κ3) is 5.95. The average molecular weight is 462 g/mol.